The van der Waals surface area contributed by atoms with Gasteiger partial charge in [-0.2, -0.15) is 0 Å². The third kappa shape index (κ3) is 1.78. The second-order valence-electron chi connectivity index (χ2n) is 3.98. The minimum atomic E-state index is 0.177. The Morgan fingerprint density at radius 2 is 2.43 bits per heavy atom. The van der Waals surface area contributed by atoms with Crippen LogP contribution in [0.25, 0.3) is 0 Å². The first-order valence-electron chi connectivity index (χ1n) is 4.82. The first-order chi connectivity index (χ1) is 6.76. The molecule has 0 atom stereocenters. The first kappa shape index (κ1) is 9.96. The van der Waals surface area contributed by atoms with Crippen molar-refractivity contribution in [3.8, 4) is 0 Å². The summed E-state index contributed by atoms with van der Waals surface area (Å²) in [4.78, 5) is 0. The van der Waals surface area contributed by atoms with Crippen LogP contribution in [0, 0.1) is 12.3 Å². The molecule has 0 saturated carbocycles. The zero-order valence-electron chi connectivity index (χ0n) is 8.38. The third-order valence-corrected chi connectivity index (χ3v) is 3.71. The van der Waals surface area contributed by atoms with Crippen LogP contribution < -0.4 is 11.1 Å². The number of rotatable bonds is 4. The molecule has 1 aromatic heterocycles. The Morgan fingerprint density at radius 1 is 1.64 bits per heavy atom. The van der Waals surface area contributed by atoms with Crippen molar-refractivity contribution in [2.75, 3.05) is 31.6 Å². The maximum absolute atomic E-state index is 5.73. The fourth-order valence-corrected chi connectivity index (χ4v) is 2.32. The van der Waals surface area contributed by atoms with Gasteiger partial charge in [0.2, 0.25) is 0 Å². The Kier molecular flexibility index (Phi) is 2.76. The van der Waals surface area contributed by atoms with Gasteiger partial charge in [-0.1, -0.05) is 0 Å². The average Bonchev–Trinajstić information content (AvgIpc) is 2.51. The molecule has 1 saturated heterocycles. The van der Waals surface area contributed by atoms with E-state index in [0.717, 1.165) is 19.8 Å². The van der Waals surface area contributed by atoms with E-state index in [9.17, 15) is 0 Å². The lowest BCUT2D eigenvalue weighted by atomic mass is 9.86. The second kappa shape index (κ2) is 3.88. The molecule has 3 N–H and O–H groups in total. The standard InChI is InChI=1S/C10H16N2OS/c1-8-2-3-14-9(8)12-5-10(4-11)6-13-7-10/h2-3,12H,4-7,11H2,1H3. The smallest absolute Gasteiger partial charge is 0.0912 e. The minimum absolute atomic E-state index is 0.177. The Bertz CT molecular complexity index is 301. The van der Waals surface area contributed by atoms with E-state index in [2.05, 4.69) is 23.7 Å². The summed E-state index contributed by atoms with van der Waals surface area (Å²) in [5, 5.41) is 6.80. The number of ether oxygens (including phenoxy) is 1. The van der Waals surface area contributed by atoms with Crippen molar-refractivity contribution in [2.24, 2.45) is 11.1 Å². The van der Waals surface area contributed by atoms with E-state index < -0.39 is 0 Å². The number of nitrogens with two attached hydrogens (primary N) is 1. The number of anilines is 1. The maximum atomic E-state index is 5.73. The van der Waals surface area contributed by atoms with Gasteiger partial charge in [0, 0.05) is 18.5 Å². The van der Waals surface area contributed by atoms with Crippen LogP contribution in [-0.2, 0) is 4.74 Å². The number of hydrogen-bond donors (Lipinski definition) is 2. The number of aryl methyl sites for hydroxylation is 1. The van der Waals surface area contributed by atoms with Crippen LogP contribution in [-0.4, -0.2) is 26.3 Å². The van der Waals surface area contributed by atoms with E-state index >= 15 is 0 Å². The van der Waals surface area contributed by atoms with E-state index in [4.69, 9.17) is 10.5 Å². The molecular weight excluding hydrogens is 196 g/mol. The zero-order valence-corrected chi connectivity index (χ0v) is 9.19. The monoisotopic (exact) mass is 212 g/mol. The summed E-state index contributed by atoms with van der Waals surface area (Å²) in [6.07, 6.45) is 0. The lowest BCUT2D eigenvalue weighted by Crippen LogP contribution is -2.52. The third-order valence-electron chi connectivity index (χ3n) is 2.74. The molecule has 0 aromatic carbocycles. The molecule has 0 aliphatic carbocycles. The highest BCUT2D eigenvalue weighted by Crippen LogP contribution is 2.29. The number of hydrogen-bond acceptors (Lipinski definition) is 4. The highest BCUT2D eigenvalue weighted by atomic mass is 32.1. The summed E-state index contributed by atoms with van der Waals surface area (Å²) in [6, 6.07) is 2.12. The van der Waals surface area contributed by atoms with Crippen molar-refractivity contribution in [3.63, 3.8) is 0 Å². The van der Waals surface area contributed by atoms with Gasteiger partial charge < -0.3 is 15.8 Å². The molecule has 3 nitrogen and oxygen atoms in total. The molecule has 0 unspecified atom stereocenters. The molecule has 0 spiro atoms. The Morgan fingerprint density at radius 3 is 2.86 bits per heavy atom. The van der Waals surface area contributed by atoms with Gasteiger partial charge in [0.25, 0.3) is 0 Å². The fraction of sp³-hybridized carbons (Fsp3) is 0.600. The van der Waals surface area contributed by atoms with E-state index in [1.165, 1.54) is 10.6 Å². The van der Waals surface area contributed by atoms with Crippen molar-refractivity contribution < 1.29 is 4.74 Å². The van der Waals surface area contributed by atoms with Crippen molar-refractivity contribution >= 4 is 16.3 Å². The molecule has 2 rings (SSSR count). The first-order valence-corrected chi connectivity index (χ1v) is 5.69. The van der Waals surface area contributed by atoms with Gasteiger partial charge >= 0.3 is 0 Å². The number of thiophene rings is 1. The van der Waals surface area contributed by atoms with Crippen LogP contribution in [0.5, 0.6) is 0 Å². The predicted molar refractivity (Wildman–Crippen MR) is 59.9 cm³/mol. The lowest BCUT2D eigenvalue weighted by molar-refractivity contribution is -0.0979. The highest BCUT2D eigenvalue weighted by Gasteiger charge is 2.37. The largest absolute Gasteiger partial charge is 0.380 e. The van der Waals surface area contributed by atoms with Gasteiger partial charge in [0.05, 0.1) is 18.2 Å². The van der Waals surface area contributed by atoms with Crippen LogP contribution in [0.4, 0.5) is 5.00 Å². The molecule has 1 fully saturated rings. The summed E-state index contributed by atoms with van der Waals surface area (Å²) in [5.74, 6) is 0. The van der Waals surface area contributed by atoms with E-state index in [0.29, 0.717) is 6.54 Å². The van der Waals surface area contributed by atoms with Gasteiger partial charge in [-0.05, 0) is 23.9 Å². The molecule has 1 aromatic rings. The van der Waals surface area contributed by atoms with Crippen LogP contribution in [0.2, 0.25) is 0 Å². The lowest BCUT2D eigenvalue weighted by Gasteiger charge is -2.40. The van der Waals surface area contributed by atoms with Gasteiger partial charge in [0.1, 0.15) is 0 Å². The molecule has 0 amide bonds. The molecule has 0 bridgehead atoms. The predicted octanol–water partition coefficient (Wildman–Crippen LogP) is 1.44. The van der Waals surface area contributed by atoms with Gasteiger partial charge in [0.15, 0.2) is 0 Å². The van der Waals surface area contributed by atoms with Crippen molar-refractivity contribution in [1.82, 2.24) is 0 Å². The average molecular weight is 212 g/mol. The van der Waals surface area contributed by atoms with Crippen molar-refractivity contribution in [1.29, 1.82) is 0 Å². The summed E-state index contributed by atoms with van der Waals surface area (Å²) < 4.78 is 5.21. The van der Waals surface area contributed by atoms with E-state index in [1.54, 1.807) is 11.3 Å². The zero-order chi connectivity index (χ0) is 10.0. The van der Waals surface area contributed by atoms with Crippen molar-refractivity contribution in [3.05, 3.63) is 17.0 Å². The van der Waals surface area contributed by atoms with Gasteiger partial charge in [-0.3, -0.25) is 0 Å². The van der Waals surface area contributed by atoms with E-state index in [-0.39, 0.29) is 5.41 Å². The summed E-state index contributed by atoms with van der Waals surface area (Å²) in [5.41, 5.74) is 7.21. The molecule has 14 heavy (non-hydrogen) atoms. The topological polar surface area (TPSA) is 47.3 Å². The maximum Gasteiger partial charge on any atom is 0.0912 e. The molecule has 78 valence electrons. The second-order valence-corrected chi connectivity index (χ2v) is 4.90. The minimum Gasteiger partial charge on any atom is -0.380 e. The van der Waals surface area contributed by atoms with Gasteiger partial charge in [-0.25, -0.2) is 0 Å². The summed E-state index contributed by atoms with van der Waals surface area (Å²) in [6.45, 7) is 5.32. The summed E-state index contributed by atoms with van der Waals surface area (Å²) >= 11 is 1.74. The SMILES string of the molecule is Cc1ccsc1NCC1(CN)COC1. The van der Waals surface area contributed by atoms with Gasteiger partial charge in [-0.15, -0.1) is 11.3 Å². The van der Waals surface area contributed by atoms with Crippen molar-refractivity contribution in [2.45, 2.75) is 6.92 Å². The molecule has 1 aliphatic rings. The fourth-order valence-electron chi connectivity index (χ4n) is 1.50. The van der Waals surface area contributed by atoms with Crippen LogP contribution in [0.1, 0.15) is 5.56 Å². The normalized spacial score (nSPS) is 19.0. The molecule has 4 heteroatoms. The number of nitrogens with one attached hydrogen (secondary N) is 1. The molecular formula is C10H16N2OS. The van der Waals surface area contributed by atoms with E-state index in [1.807, 2.05) is 0 Å². The molecule has 2 heterocycles. The molecule has 0 radical (unpaired) electrons. The van der Waals surface area contributed by atoms with Crippen LogP contribution in [0.15, 0.2) is 11.4 Å². The molecule has 1 aliphatic heterocycles. The Hall–Kier alpha value is -0.580. The highest BCUT2D eigenvalue weighted by molar-refractivity contribution is 7.14. The van der Waals surface area contributed by atoms with Crippen LogP contribution in [0.3, 0.4) is 0 Å². The summed E-state index contributed by atoms with van der Waals surface area (Å²) in [7, 11) is 0. The Balaban J connectivity index is 1.90. The quantitative estimate of drug-likeness (QED) is 0.794. The van der Waals surface area contributed by atoms with Crippen LogP contribution >= 0.6 is 11.3 Å². The Labute approximate surface area is 88.3 Å².